The topological polar surface area (TPSA) is 55.9 Å². The van der Waals surface area contributed by atoms with Crippen LogP contribution in [0.2, 0.25) is 0 Å². The van der Waals surface area contributed by atoms with E-state index < -0.39 is 0 Å². The number of carbonyl (C=O) groups is 2. The van der Waals surface area contributed by atoms with Gasteiger partial charge in [-0.25, -0.2) is 4.79 Å². The Hall–Kier alpha value is -2.08. The van der Waals surface area contributed by atoms with E-state index in [2.05, 4.69) is 43.2 Å². The van der Waals surface area contributed by atoms with Crippen molar-refractivity contribution in [1.29, 1.82) is 0 Å². The molecule has 2 aliphatic rings. The molecule has 0 spiro atoms. The Labute approximate surface area is 162 Å². The van der Waals surface area contributed by atoms with Gasteiger partial charge in [0.15, 0.2) is 0 Å². The minimum absolute atomic E-state index is 0.0349. The van der Waals surface area contributed by atoms with Gasteiger partial charge < -0.3 is 20.0 Å². The largest absolute Gasteiger partial charge is 0.326 e. The third-order valence-electron chi connectivity index (χ3n) is 5.70. The summed E-state index contributed by atoms with van der Waals surface area (Å²) in [6.07, 6.45) is 2.25. The van der Waals surface area contributed by atoms with E-state index in [1.165, 1.54) is 11.1 Å². The molecule has 6 heteroatoms. The Morgan fingerprint density at radius 1 is 1.33 bits per heavy atom. The van der Waals surface area contributed by atoms with Crippen molar-refractivity contribution >= 4 is 17.6 Å². The summed E-state index contributed by atoms with van der Waals surface area (Å²) < 4.78 is 0. The molecule has 0 saturated carbocycles. The monoisotopic (exact) mass is 372 g/mol. The molecule has 1 fully saturated rings. The average Bonchev–Trinajstić information content (AvgIpc) is 3.16. The van der Waals surface area contributed by atoms with Gasteiger partial charge in [0.25, 0.3) is 0 Å². The zero-order valence-corrected chi connectivity index (χ0v) is 17.0. The number of benzene rings is 1. The number of rotatable bonds is 7. The zero-order valence-electron chi connectivity index (χ0n) is 17.0. The normalized spacial score (nSPS) is 19.3. The average molecular weight is 373 g/mol. The van der Waals surface area contributed by atoms with Crippen LogP contribution >= 0.6 is 0 Å². The minimum Gasteiger partial charge on any atom is -0.326 e. The maximum absolute atomic E-state index is 12.4. The summed E-state index contributed by atoms with van der Waals surface area (Å²) in [5.41, 5.74) is 3.63. The Balaban J connectivity index is 1.53. The first-order valence-electron chi connectivity index (χ1n) is 9.99. The van der Waals surface area contributed by atoms with Crippen LogP contribution in [0.25, 0.3) is 0 Å². The van der Waals surface area contributed by atoms with Crippen LogP contribution in [0.1, 0.15) is 44.2 Å². The van der Waals surface area contributed by atoms with Crippen LogP contribution < -0.4 is 5.32 Å². The van der Waals surface area contributed by atoms with Gasteiger partial charge in [-0.05, 0) is 62.9 Å². The standard InChI is InChI=1S/C21H32N4O2/c1-15(2)25-12-11-24(21(25)27)10-9-23(4)14-18-6-5-17-7-8-19(13-20(17)18)22-16(3)26/h7-8,13,15,18H,5-6,9-12,14H2,1-4H3,(H,22,26). The molecule has 0 aromatic heterocycles. The van der Waals surface area contributed by atoms with Gasteiger partial charge in [0.05, 0.1) is 0 Å². The molecule has 1 N–H and O–H groups in total. The van der Waals surface area contributed by atoms with Crippen LogP contribution in [-0.2, 0) is 11.2 Å². The van der Waals surface area contributed by atoms with Crippen molar-refractivity contribution in [2.75, 3.05) is 45.1 Å². The van der Waals surface area contributed by atoms with E-state index in [4.69, 9.17) is 0 Å². The number of aryl methyl sites for hydroxylation is 1. The van der Waals surface area contributed by atoms with Crippen molar-refractivity contribution in [3.63, 3.8) is 0 Å². The fraction of sp³-hybridized carbons (Fsp3) is 0.619. The number of urea groups is 1. The second kappa shape index (κ2) is 8.30. The Morgan fingerprint density at radius 3 is 2.78 bits per heavy atom. The number of amides is 3. The molecule has 1 unspecified atom stereocenters. The van der Waals surface area contributed by atoms with E-state index in [-0.39, 0.29) is 18.0 Å². The smallest absolute Gasteiger partial charge is 0.320 e. The van der Waals surface area contributed by atoms with Crippen LogP contribution in [0, 0.1) is 0 Å². The summed E-state index contributed by atoms with van der Waals surface area (Å²) in [6.45, 7) is 9.99. The highest BCUT2D eigenvalue weighted by Gasteiger charge is 2.30. The number of likely N-dealkylation sites (N-methyl/N-ethyl adjacent to an activating group) is 1. The first-order valence-corrected chi connectivity index (χ1v) is 9.99. The molecule has 1 aliphatic carbocycles. The number of anilines is 1. The van der Waals surface area contributed by atoms with Crippen LogP contribution in [-0.4, -0.2) is 72.5 Å². The highest BCUT2D eigenvalue weighted by atomic mass is 16.2. The van der Waals surface area contributed by atoms with Crippen molar-refractivity contribution < 1.29 is 9.59 Å². The second-order valence-corrected chi connectivity index (χ2v) is 8.15. The molecule has 1 aromatic rings. The van der Waals surface area contributed by atoms with E-state index >= 15 is 0 Å². The quantitative estimate of drug-likeness (QED) is 0.801. The van der Waals surface area contributed by atoms with Crippen molar-refractivity contribution in [2.24, 2.45) is 0 Å². The lowest BCUT2D eigenvalue weighted by Gasteiger charge is -2.25. The van der Waals surface area contributed by atoms with Gasteiger partial charge in [-0.2, -0.15) is 0 Å². The minimum atomic E-state index is -0.0349. The predicted octanol–water partition coefficient (Wildman–Crippen LogP) is 2.75. The predicted molar refractivity (Wildman–Crippen MR) is 108 cm³/mol. The molecule has 1 saturated heterocycles. The van der Waals surface area contributed by atoms with Crippen molar-refractivity contribution in [3.8, 4) is 0 Å². The number of nitrogens with one attached hydrogen (secondary N) is 1. The second-order valence-electron chi connectivity index (χ2n) is 8.15. The molecule has 27 heavy (non-hydrogen) atoms. The maximum Gasteiger partial charge on any atom is 0.320 e. The number of carbonyl (C=O) groups excluding carboxylic acids is 2. The molecule has 1 atom stereocenters. The Morgan fingerprint density at radius 2 is 2.11 bits per heavy atom. The molecule has 3 rings (SSSR count). The van der Waals surface area contributed by atoms with Crippen molar-refractivity contribution in [1.82, 2.24) is 14.7 Å². The van der Waals surface area contributed by atoms with E-state index in [1.54, 1.807) is 6.92 Å². The summed E-state index contributed by atoms with van der Waals surface area (Å²) in [7, 11) is 2.14. The molecular weight excluding hydrogens is 340 g/mol. The highest BCUT2D eigenvalue weighted by molar-refractivity contribution is 5.88. The third-order valence-corrected chi connectivity index (χ3v) is 5.70. The molecule has 148 valence electrons. The summed E-state index contributed by atoms with van der Waals surface area (Å²) in [4.78, 5) is 29.9. The van der Waals surface area contributed by atoms with Crippen LogP contribution in [0.4, 0.5) is 10.5 Å². The number of nitrogens with zero attached hydrogens (tertiary/aromatic N) is 3. The van der Waals surface area contributed by atoms with Crippen LogP contribution in [0.15, 0.2) is 18.2 Å². The lowest BCUT2D eigenvalue weighted by molar-refractivity contribution is -0.114. The van der Waals surface area contributed by atoms with Gasteiger partial charge in [0.2, 0.25) is 5.91 Å². The van der Waals surface area contributed by atoms with E-state index in [0.29, 0.717) is 5.92 Å². The van der Waals surface area contributed by atoms with Gasteiger partial charge >= 0.3 is 6.03 Å². The lowest BCUT2D eigenvalue weighted by atomic mass is 10.00. The Kier molecular flexibility index (Phi) is 6.05. The third kappa shape index (κ3) is 4.61. The summed E-state index contributed by atoms with van der Waals surface area (Å²) in [5, 5.41) is 2.89. The van der Waals surface area contributed by atoms with Crippen LogP contribution in [0.3, 0.4) is 0 Å². The van der Waals surface area contributed by atoms with Gasteiger partial charge in [0.1, 0.15) is 0 Å². The fourth-order valence-electron chi connectivity index (χ4n) is 4.21. The molecule has 1 aromatic carbocycles. The fourth-order valence-corrected chi connectivity index (χ4v) is 4.21. The number of hydrogen-bond acceptors (Lipinski definition) is 3. The van der Waals surface area contributed by atoms with Crippen molar-refractivity contribution in [3.05, 3.63) is 29.3 Å². The zero-order chi connectivity index (χ0) is 19.6. The molecule has 3 amide bonds. The Bertz CT molecular complexity index is 703. The van der Waals surface area contributed by atoms with Crippen LogP contribution in [0.5, 0.6) is 0 Å². The van der Waals surface area contributed by atoms with Gasteiger partial charge in [0, 0.05) is 51.4 Å². The highest BCUT2D eigenvalue weighted by Crippen LogP contribution is 2.35. The maximum atomic E-state index is 12.4. The molecule has 0 radical (unpaired) electrons. The summed E-state index contributed by atoms with van der Waals surface area (Å²) >= 11 is 0. The molecular formula is C21H32N4O2. The van der Waals surface area contributed by atoms with E-state index in [9.17, 15) is 9.59 Å². The molecule has 6 nitrogen and oxygen atoms in total. The molecule has 1 heterocycles. The van der Waals surface area contributed by atoms with Gasteiger partial charge in [-0.1, -0.05) is 6.07 Å². The number of hydrogen-bond donors (Lipinski definition) is 1. The van der Waals surface area contributed by atoms with E-state index in [0.717, 1.165) is 51.3 Å². The molecule has 0 bridgehead atoms. The SMILES string of the molecule is CC(=O)Nc1ccc2c(c1)C(CN(C)CCN1CCN(C(C)C)C1=O)CC2. The molecule has 1 aliphatic heterocycles. The van der Waals surface area contributed by atoms with Crippen molar-refractivity contribution in [2.45, 2.75) is 45.6 Å². The van der Waals surface area contributed by atoms with Gasteiger partial charge in [-0.3, -0.25) is 4.79 Å². The number of fused-ring (bicyclic) bond motifs is 1. The van der Waals surface area contributed by atoms with E-state index in [1.807, 2.05) is 15.9 Å². The first kappa shape index (κ1) is 19.7. The summed E-state index contributed by atoms with van der Waals surface area (Å²) in [5.74, 6) is 0.451. The lowest BCUT2D eigenvalue weighted by Crippen LogP contribution is -2.39. The first-order chi connectivity index (χ1) is 12.8. The van der Waals surface area contributed by atoms with Gasteiger partial charge in [-0.15, -0.1) is 0 Å². The summed E-state index contributed by atoms with van der Waals surface area (Å²) in [6, 6.07) is 6.71.